The number of aryl methyl sites for hydroxylation is 1. The van der Waals surface area contributed by atoms with Crippen LogP contribution in [0, 0.1) is 10.8 Å². The van der Waals surface area contributed by atoms with Gasteiger partial charge in [0.15, 0.2) is 11.5 Å². The largest absolute Gasteiger partial charge is 0.504 e. The van der Waals surface area contributed by atoms with Crippen molar-refractivity contribution in [3.63, 3.8) is 0 Å². The first-order valence-electron chi connectivity index (χ1n) is 10.0. The van der Waals surface area contributed by atoms with Crippen molar-refractivity contribution in [2.45, 2.75) is 99.3 Å². The van der Waals surface area contributed by atoms with Crippen LogP contribution in [0.25, 0.3) is 0 Å². The molecule has 2 nitrogen and oxygen atoms in total. The smallest absolute Gasteiger partial charge is 0.160 e. The second kappa shape index (κ2) is 9.50. The van der Waals surface area contributed by atoms with E-state index >= 15 is 0 Å². The summed E-state index contributed by atoms with van der Waals surface area (Å²) in [4.78, 5) is 0. The fourth-order valence-corrected chi connectivity index (χ4v) is 3.28. The van der Waals surface area contributed by atoms with Gasteiger partial charge < -0.3 is 10.2 Å². The minimum Gasteiger partial charge on any atom is -0.504 e. The lowest BCUT2D eigenvalue weighted by molar-refractivity contribution is 0.357. The van der Waals surface area contributed by atoms with Crippen LogP contribution in [0.2, 0.25) is 0 Å². The molecule has 0 spiro atoms. The number of hydrogen-bond acceptors (Lipinski definition) is 2. The van der Waals surface area contributed by atoms with Gasteiger partial charge in [-0.3, -0.25) is 0 Å². The van der Waals surface area contributed by atoms with Crippen molar-refractivity contribution < 1.29 is 10.2 Å². The lowest BCUT2D eigenvalue weighted by Crippen LogP contribution is -2.05. The van der Waals surface area contributed by atoms with Crippen LogP contribution in [0.3, 0.4) is 0 Å². The number of hydrogen-bond donors (Lipinski definition) is 2. The van der Waals surface area contributed by atoms with Crippen LogP contribution in [0.1, 0.15) is 97.6 Å². The molecule has 0 radical (unpaired) electrons. The molecule has 144 valence electrons. The number of aromatic hydroxyl groups is 2. The summed E-state index contributed by atoms with van der Waals surface area (Å²) in [7, 11) is 0. The highest BCUT2D eigenvalue weighted by atomic mass is 16.3. The third-order valence-corrected chi connectivity index (χ3v) is 4.83. The molecule has 2 heteroatoms. The highest BCUT2D eigenvalue weighted by Crippen LogP contribution is 2.34. The molecule has 1 aromatic carbocycles. The van der Waals surface area contributed by atoms with Gasteiger partial charge in [0.1, 0.15) is 0 Å². The lowest BCUT2D eigenvalue weighted by atomic mass is 9.88. The number of rotatable bonds is 9. The van der Waals surface area contributed by atoms with Crippen LogP contribution in [0.4, 0.5) is 0 Å². The van der Waals surface area contributed by atoms with E-state index in [1.807, 2.05) is 6.07 Å². The molecule has 0 bridgehead atoms. The molecular formula is C23H40O2. The van der Waals surface area contributed by atoms with Gasteiger partial charge in [0, 0.05) is 5.56 Å². The van der Waals surface area contributed by atoms with Crippen LogP contribution in [0.5, 0.6) is 11.5 Å². The minimum absolute atomic E-state index is 0.0160. The Morgan fingerprint density at radius 2 is 1.20 bits per heavy atom. The van der Waals surface area contributed by atoms with Gasteiger partial charge in [-0.2, -0.15) is 0 Å². The summed E-state index contributed by atoms with van der Waals surface area (Å²) in [6, 6.07) is 3.64. The van der Waals surface area contributed by atoms with E-state index in [2.05, 4.69) is 41.5 Å². The maximum absolute atomic E-state index is 10.3. The normalized spacial score (nSPS) is 12.6. The Hall–Kier alpha value is -1.18. The van der Waals surface area contributed by atoms with E-state index in [4.69, 9.17) is 0 Å². The Kier molecular flexibility index (Phi) is 8.31. The Bertz CT molecular complexity index is 518. The summed E-state index contributed by atoms with van der Waals surface area (Å²) in [5.74, 6) is 0.116. The second-order valence-electron chi connectivity index (χ2n) is 9.96. The molecule has 0 saturated carbocycles. The summed E-state index contributed by atoms with van der Waals surface area (Å²) in [5.41, 5.74) is 2.94. The van der Waals surface area contributed by atoms with Gasteiger partial charge in [0.05, 0.1) is 0 Å². The van der Waals surface area contributed by atoms with Gasteiger partial charge in [-0.15, -0.1) is 0 Å². The molecule has 1 aromatic rings. The van der Waals surface area contributed by atoms with Gasteiger partial charge in [-0.25, -0.2) is 0 Å². The average molecular weight is 349 g/mol. The molecule has 0 atom stereocenters. The van der Waals surface area contributed by atoms with Crippen molar-refractivity contribution in [3.8, 4) is 11.5 Å². The highest BCUT2D eigenvalue weighted by Gasteiger charge is 2.14. The minimum atomic E-state index is 0.0160. The summed E-state index contributed by atoms with van der Waals surface area (Å²) in [6.45, 7) is 13.7. The summed E-state index contributed by atoms with van der Waals surface area (Å²) < 4.78 is 0. The molecule has 0 unspecified atom stereocenters. The van der Waals surface area contributed by atoms with E-state index in [1.54, 1.807) is 6.07 Å². The predicted octanol–water partition coefficient (Wildman–Crippen LogP) is 7.01. The van der Waals surface area contributed by atoms with E-state index in [-0.39, 0.29) is 11.5 Å². The molecule has 0 aliphatic rings. The van der Waals surface area contributed by atoms with Crippen molar-refractivity contribution in [1.82, 2.24) is 0 Å². The molecule has 0 aromatic heterocycles. The van der Waals surface area contributed by atoms with Gasteiger partial charge in [0.25, 0.3) is 0 Å². The molecule has 0 aliphatic heterocycles. The molecule has 0 fully saturated rings. The summed E-state index contributed by atoms with van der Waals surface area (Å²) >= 11 is 0. The summed E-state index contributed by atoms with van der Waals surface area (Å²) in [5, 5.41) is 20.2. The van der Waals surface area contributed by atoms with Crippen LogP contribution in [-0.4, -0.2) is 10.2 Å². The van der Waals surface area contributed by atoms with E-state index in [0.29, 0.717) is 10.8 Å². The molecular weight excluding hydrogens is 308 g/mol. The van der Waals surface area contributed by atoms with Gasteiger partial charge >= 0.3 is 0 Å². The van der Waals surface area contributed by atoms with Gasteiger partial charge in [0.2, 0.25) is 0 Å². The fraction of sp³-hybridized carbons (Fsp3) is 0.739. The first-order valence-corrected chi connectivity index (χ1v) is 10.0. The van der Waals surface area contributed by atoms with Crippen molar-refractivity contribution in [3.05, 3.63) is 23.3 Å². The highest BCUT2D eigenvalue weighted by molar-refractivity contribution is 5.49. The number of unbranched alkanes of at least 4 members (excludes halogenated alkanes) is 3. The van der Waals surface area contributed by atoms with Crippen molar-refractivity contribution >= 4 is 0 Å². The first-order chi connectivity index (χ1) is 11.5. The Balaban J connectivity index is 2.56. The standard InChI is InChI=1S/C23H40O2/c1-22(2,3)16-10-7-8-12-18-14-15-20(24)21(25)19(18)13-9-11-17-23(4,5)6/h14-15,24-25H,7-13,16-17H2,1-6H3. The predicted molar refractivity (Wildman–Crippen MR) is 108 cm³/mol. The van der Waals surface area contributed by atoms with Crippen LogP contribution >= 0.6 is 0 Å². The van der Waals surface area contributed by atoms with E-state index in [1.165, 1.54) is 31.2 Å². The topological polar surface area (TPSA) is 40.5 Å². The van der Waals surface area contributed by atoms with Crippen molar-refractivity contribution in [1.29, 1.82) is 0 Å². The second-order valence-corrected chi connectivity index (χ2v) is 9.96. The van der Waals surface area contributed by atoms with Crippen LogP contribution in [0.15, 0.2) is 12.1 Å². The quantitative estimate of drug-likeness (QED) is 0.372. The summed E-state index contributed by atoms with van der Waals surface area (Å²) in [6.07, 6.45) is 10.1. The molecule has 0 aliphatic carbocycles. The molecule has 0 heterocycles. The number of phenols is 2. The molecule has 0 saturated heterocycles. The molecule has 25 heavy (non-hydrogen) atoms. The number of benzene rings is 1. The molecule has 1 rings (SSSR count). The number of phenolic OH excluding ortho intramolecular Hbond substituents is 2. The maximum atomic E-state index is 10.3. The zero-order valence-electron chi connectivity index (χ0n) is 17.4. The van der Waals surface area contributed by atoms with E-state index < -0.39 is 0 Å². The first kappa shape index (κ1) is 21.9. The van der Waals surface area contributed by atoms with Crippen molar-refractivity contribution in [2.24, 2.45) is 10.8 Å². The third-order valence-electron chi connectivity index (χ3n) is 4.83. The van der Waals surface area contributed by atoms with Crippen LogP contribution in [-0.2, 0) is 12.8 Å². The van der Waals surface area contributed by atoms with Crippen molar-refractivity contribution in [2.75, 3.05) is 0 Å². The van der Waals surface area contributed by atoms with E-state index in [0.717, 1.165) is 37.7 Å². The van der Waals surface area contributed by atoms with E-state index in [9.17, 15) is 10.2 Å². The Morgan fingerprint density at radius 1 is 0.680 bits per heavy atom. The molecule has 2 N–H and O–H groups in total. The SMILES string of the molecule is CC(C)(C)CCCCCc1ccc(O)c(O)c1CCCCC(C)(C)C. The molecule has 0 amide bonds. The third kappa shape index (κ3) is 9.18. The lowest BCUT2D eigenvalue weighted by Gasteiger charge is -2.19. The fourth-order valence-electron chi connectivity index (χ4n) is 3.28. The van der Waals surface area contributed by atoms with Gasteiger partial charge in [-0.1, -0.05) is 66.9 Å². The average Bonchev–Trinajstić information content (AvgIpc) is 2.46. The Labute approximate surface area is 155 Å². The maximum Gasteiger partial charge on any atom is 0.160 e. The van der Waals surface area contributed by atoms with Gasteiger partial charge in [-0.05, 0) is 61.0 Å². The monoisotopic (exact) mass is 348 g/mol. The zero-order chi connectivity index (χ0) is 19.1. The zero-order valence-corrected chi connectivity index (χ0v) is 17.4. The van der Waals surface area contributed by atoms with Crippen LogP contribution < -0.4 is 0 Å². The Morgan fingerprint density at radius 3 is 1.76 bits per heavy atom.